The zero-order valence-electron chi connectivity index (χ0n) is 13.7. The molecule has 4 aliphatic rings. The van der Waals surface area contributed by atoms with E-state index >= 15 is 0 Å². The molecule has 0 bridgehead atoms. The lowest BCUT2D eigenvalue weighted by molar-refractivity contribution is -0.145. The molecule has 0 aromatic rings. The number of hydrogen-bond acceptors (Lipinski definition) is 3. The van der Waals surface area contributed by atoms with Gasteiger partial charge in [-0.2, -0.15) is 0 Å². The maximum Gasteiger partial charge on any atom is 0.139 e. The van der Waals surface area contributed by atoms with Gasteiger partial charge < -0.3 is 10.2 Å². The lowest BCUT2D eigenvalue weighted by Crippen LogP contribution is -2.56. The van der Waals surface area contributed by atoms with Gasteiger partial charge in [0.2, 0.25) is 0 Å². The van der Waals surface area contributed by atoms with E-state index in [2.05, 4.69) is 19.9 Å². The monoisotopic (exact) mass is 304 g/mol. The van der Waals surface area contributed by atoms with E-state index in [1.807, 2.05) is 0 Å². The van der Waals surface area contributed by atoms with E-state index in [-0.39, 0.29) is 29.0 Å². The molecular weight excluding hydrogens is 276 g/mol. The van der Waals surface area contributed by atoms with E-state index in [1.54, 1.807) is 0 Å². The van der Waals surface area contributed by atoms with Crippen molar-refractivity contribution >= 4 is 5.78 Å². The largest absolute Gasteiger partial charge is 0.393 e. The number of hydrogen-bond donors (Lipinski definition) is 2. The first-order chi connectivity index (χ1) is 10.4. The van der Waals surface area contributed by atoms with Crippen LogP contribution < -0.4 is 0 Å². The lowest BCUT2D eigenvalue weighted by Gasteiger charge is -2.58. The zero-order valence-corrected chi connectivity index (χ0v) is 13.7. The quantitative estimate of drug-likeness (QED) is 0.677. The Morgan fingerprint density at radius 2 is 1.95 bits per heavy atom. The van der Waals surface area contributed by atoms with Gasteiger partial charge in [0.1, 0.15) is 5.78 Å². The summed E-state index contributed by atoms with van der Waals surface area (Å²) < 4.78 is 0. The Kier molecular flexibility index (Phi) is 3.16. The molecule has 0 aromatic carbocycles. The summed E-state index contributed by atoms with van der Waals surface area (Å²) in [7, 11) is 0. The van der Waals surface area contributed by atoms with Gasteiger partial charge in [-0.05, 0) is 61.7 Å². The third kappa shape index (κ3) is 1.78. The molecule has 3 nitrogen and oxygen atoms in total. The van der Waals surface area contributed by atoms with Crippen LogP contribution in [0.5, 0.6) is 0 Å². The highest BCUT2D eigenvalue weighted by atomic mass is 16.3. The molecule has 0 saturated heterocycles. The highest BCUT2D eigenvalue weighted by Gasteiger charge is 2.61. The standard InChI is InChI=1S/C19H28O3/c1-18-8-7-12(20)9-11(18)3-4-13-14-5-6-16(22)19(14,2)10-15(21)17(13)18/h3,12-15,17,20-21H,4-10H2,1-2H3/t12-,13-,14-,15+,17+,18-,19-/m0/s1. The number of carbonyl (C=O) groups is 1. The summed E-state index contributed by atoms with van der Waals surface area (Å²) in [6.07, 6.45) is 7.65. The Morgan fingerprint density at radius 3 is 2.73 bits per heavy atom. The molecule has 0 amide bonds. The van der Waals surface area contributed by atoms with Gasteiger partial charge in [0.05, 0.1) is 12.2 Å². The van der Waals surface area contributed by atoms with Gasteiger partial charge in [-0.1, -0.05) is 25.5 Å². The van der Waals surface area contributed by atoms with Gasteiger partial charge in [-0.3, -0.25) is 4.79 Å². The summed E-state index contributed by atoms with van der Waals surface area (Å²) in [6.45, 7) is 4.39. The first kappa shape index (κ1) is 14.9. The van der Waals surface area contributed by atoms with E-state index < -0.39 is 0 Å². The van der Waals surface area contributed by atoms with Crippen LogP contribution in [0.15, 0.2) is 11.6 Å². The van der Waals surface area contributed by atoms with Crippen LogP contribution in [-0.2, 0) is 4.79 Å². The molecule has 0 radical (unpaired) electrons. The minimum absolute atomic E-state index is 0.0224. The zero-order chi connectivity index (χ0) is 15.7. The van der Waals surface area contributed by atoms with Crippen molar-refractivity contribution in [3.63, 3.8) is 0 Å². The van der Waals surface area contributed by atoms with E-state index in [1.165, 1.54) is 5.57 Å². The molecule has 0 heterocycles. The van der Waals surface area contributed by atoms with E-state index in [4.69, 9.17) is 0 Å². The molecule has 4 aliphatic carbocycles. The molecule has 3 saturated carbocycles. The summed E-state index contributed by atoms with van der Waals surface area (Å²) in [6, 6.07) is 0. The van der Waals surface area contributed by atoms with Crippen molar-refractivity contribution in [2.75, 3.05) is 0 Å². The fraction of sp³-hybridized carbons (Fsp3) is 0.842. The Balaban J connectivity index is 1.74. The number of ketones is 1. The highest BCUT2D eigenvalue weighted by Crippen LogP contribution is 2.63. The predicted molar refractivity (Wildman–Crippen MR) is 84.1 cm³/mol. The Labute approximate surface area is 132 Å². The summed E-state index contributed by atoms with van der Waals surface area (Å²) in [4.78, 5) is 12.4. The number of Topliss-reactive ketones (excluding diaryl/α,β-unsaturated/α-hetero) is 1. The van der Waals surface area contributed by atoms with Crippen LogP contribution in [0, 0.1) is 28.6 Å². The van der Waals surface area contributed by atoms with Crippen molar-refractivity contribution in [1.29, 1.82) is 0 Å². The average molecular weight is 304 g/mol. The molecular formula is C19H28O3. The second-order valence-corrected chi connectivity index (χ2v) is 8.73. The summed E-state index contributed by atoms with van der Waals surface area (Å²) in [5.74, 6) is 1.51. The van der Waals surface area contributed by atoms with E-state index in [0.29, 0.717) is 30.5 Å². The fourth-order valence-corrected chi connectivity index (χ4v) is 6.55. The molecule has 122 valence electrons. The third-order valence-electron chi connectivity index (χ3n) is 7.72. The van der Waals surface area contributed by atoms with Crippen molar-refractivity contribution in [3.05, 3.63) is 11.6 Å². The van der Waals surface area contributed by atoms with Gasteiger partial charge >= 0.3 is 0 Å². The minimum atomic E-state index is -0.378. The Morgan fingerprint density at radius 1 is 1.18 bits per heavy atom. The van der Waals surface area contributed by atoms with Crippen LogP contribution in [0.25, 0.3) is 0 Å². The normalized spacial score (nSPS) is 54.3. The van der Waals surface area contributed by atoms with E-state index in [9.17, 15) is 15.0 Å². The lowest BCUT2D eigenvalue weighted by atomic mass is 9.47. The highest BCUT2D eigenvalue weighted by molar-refractivity contribution is 5.87. The van der Waals surface area contributed by atoms with Gasteiger partial charge in [-0.25, -0.2) is 0 Å². The molecule has 0 spiro atoms. The smallest absolute Gasteiger partial charge is 0.139 e. The maximum absolute atomic E-state index is 12.4. The van der Waals surface area contributed by atoms with Crippen LogP contribution >= 0.6 is 0 Å². The fourth-order valence-electron chi connectivity index (χ4n) is 6.55. The Hall–Kier alpha value is -0.670. The molecule has 4 rings (SSSR count). The molecule has 22 heavy (non-hydrogen) atoms. The van der Waals surface area contributed by atoms with Crippen molar-refractivity contribution < 1.29 is 15.0 Å². The second kappa shape index (κ2) is 4.67. The van der Waals surface area contributed by atoms with Crippen molar-refractivity contribution in [2.45, 2.75) is 71.0 Å². The topological polar surface area (TPSA) is 57.5 Å². The number of rotatable bonds is 0. The number of allylic oxidation sites excluding steroid dienone is 1. The summed E-state index contributed by atoms with van der Waals surface area (Å²) in [5.41, 5.74) is 1.09. The van der Waals surface area contributed by atoms with Crippen LogP contribution in [0.4, 0.5) is 0 Å². The van der Waals surface area contributed by atoms with Crippen LogP contribution in [0.1, 0.15) is 58.8 Å². The number of fused-ring (bicyclic) bond motifs is 5. The van der Waals surface area contributed by atoms with Crippen LogP contribution in [0.2, 0.25) is 0 Å². The van der Waals surface area contributed by atoms with Gasteiger partial charge in [-0.15, -0.1) is 0 Å². The first-order valence-electron chi connectivity index (χ1n) is 8.95. The minimum Gasteiger partial charge on any atom is -0.393 e. The molecule has 3 heteroatoms. The molecule has 7 atom stereocenters. The molecule has 3 fully saturated rings. The molecule has 0 unspecified atom stereocenters. The SMILES string of the molecule is C[C@]12CC[C@H](O)CC1=CC[C@@H]1[C@@H]2[C@H](O)C[C@]2(C)C(=O)CC[C@@H]12. The van der Waals surface area contributed by atoms with Crippen molar-refractivity contribution in [3.8, 4) is 0 Å². The first-order valence-corrected chi connectivity index (χ1v) is 8.95. The number of carbonyl (C=O) groups excluding carboxylic acids is 1. The predicted octanol–water partition coefficient (Wildman–Crippen LogP) is 2.85. The third-order valence-corrected chi connectivity index (χ3v) is 7.72. The van der Waals surface area contributed by atoms with E-state index in [0.717, 1.165) is 32.1 Å². The van der Waals surface area contributed by atoms with Gasteiger partial charge in [0.15, 0.2) is 0 Å². The number of aliphatic hydroxyl groups is 2. The summed E-state index contributed by atoms with van der Waals surface area (Å²) >= 11 is 0. The van der Waals surface area contributed by atoms with Gasteiger partial charge in [0, 0.05) is 11.8 Å². The molecule has 0 aliphatic heterocycles. The second-order valence-electron chi connectivity index (χ2n) is 8.73. The van der Waals surface area contributed by atoms with Crippen molar-refractivity contribution in [1.82, 2.24) is 0 Å². The van der Waals surface area contributed by atoms with Crippen LogP contribution in [-0.4, -0.2) is 28.2 Å². The maximum atomic E-state index is 12.4. The Bertz CT molecular complexity index is 539. The van der Waals surface area contributed by atoms with Crippen LogP contribution in [0.3, 0.4) is 0 Å². The number of aliphatic hydroxyl groups excluding tert-OH is 2. The molecule has 2 N–H and O–H groups in total. The van der Waals surface area contributed by atoms with Gasteiger partial charge in [0.25, 0.3) is 0 Å². The summed E-state index contributed by atoms with van der Waals surface area (Å²) in [5, 5.41) is 21.0. The molecule has 0 aromatic heterocycles. The average Bonchev–Trinajstić information content (AvgIpc) is 2.75. The van der Waals surface area contributed by atoms with Crippen molar-refractivity contribution in [2.24, 2.45) is 28.6 Å².